The molecule has 0 amide bonds. The van der Waals surface area contributed by atoms with E-state index in [0.717, 1.165) is 12.1 Å². The molecule has 1 N–H and O–H groups in total. The number of fused-ring (bicyclic) bond motifs is 3. The van der Waals surface area contributed by atoms with Gasteiger partial charge in [-0.2, -0.15) is 0 Å². The fourth-order valence-corrected chi connectivity index (χ4v) is 2.45. The molecule has 0 saturated heterocycles. The summed E-state index contributed by atoms with van der Waals surface area (Å²) in [4.78, 5) is 0. The van der Waals surface area contributed by atoms with E-state index in [-0.39, 0.29) is 6.67 Å². The van der Waals surface area contributed by atoms with Gasteiger partial charge in [0, 0.05) is 12.2 Å². The van der Waals surface area contributed by atoms with Gasteiger partial charge in [0.2, 0.25) is 0 Å². The van der Waals surface area contributed by atoms with Gasteiger partial charge in [0.05, 0.1) is 0 Å². The first-order valence-corrected chi connectivity index (χ1v) is 5.89. The van der Waals surface area contributed by atoms with Crippen LogP contribution in [0.1, 0.15) is 11.1 Å². The van der Waals surface area contributed by atoms with Gasteiger partial charge in [0.1, 0.15) is 6.67 Å². The largest absolute Gasteiger partial charge is 0.382 e. The van der Waals surface area contributed by atoms with Crippen molar-refractivity contribution in [2.24, 2.45) is 0 Å². The predicted molar refractivity (Wildman–Crippen MR) is 69.1 cm³/mol. The molecule has 1 nitrogen and oxygen atoms in total. The van der Waals surface area contributed by atoms with E-state index < -0.39 is 0 Å². The molecule has 0 fully saturated rings. The van der Waals surface area contributed by atoms with Gasteiger partial charge in [-0.15, -0.1) is 0 Å². The van der Waals surface area contributed by atoms with Crippen LogP contribution in [0.5, 0.6) is 0 Å². The zero-order chi connectivity index (χ0) is 11.7. The second-order valence-corrected chi connectivity index (χ2v) is 4.32. The Morgan fingerprint density at radius 2 is 1.82 bits per heavy atom. The number of nitrogens with one attached hydrogen (secondary N) is 1. The SMILES string of the molecule is FCCNc1ccc2c(c1)Cc1ccccc1-2. The molecular formula is C15H14FN. The molecule has 1 aliphatic rings. The molecule has 0 atom stereocenters. The maximum Gasteiger partial charge on any atom is 0.107 e. The minimum atomic E-state index is -0.336. The average Bonchev–Trinajstić information content (AvgIpc) is 2.74. The summed E-state index contributed by atoms with van der Waals surface area (Å²) in [6.45, 7) is 0.0447. The molecule has 0 saturated carbocycles. The fourth-order valence-electron chi connectivity index (χ4n) is 2.45. The number of benzene rings is 2. The fraction of sp³-hybridized carbons (Fsp3) is 0.200. The van der Waals surface area contributed by atoms with E-state index in [4.69, 9.17) is 0 Å². The van der Waals surface area contributed by atoms with Gasteiger partial charge in [-0.1, -0.05) is 30.3 Å². The summed E-state index contributed by atoms with van der Waals surface area (Å²) in [6.07, 6.45) is 0.983. The van der Waals surface area contributed by atoms with Gasteiger partial charge in [-0.3, -0.25) is 0 Å². The third-order valence-corrected chi connectivity index (χ3v) is 3.22. The Kier molecular flexibility index (Phi) is 2.56. The average molecular weight is 227 g/mol. The van der Waals surface area contributed by atoms with Gasteiger partial charge in [-0.05, 0) is 40.8 Å². The molecule has 86 valence electrons. The molecule has 1 aliphatic carbocycles. The molecule has 3 rings (SSSR count). The molecule has 2 aromatic rings. The van der Waals surface area contributed by atoms with Crippen LogP contribution in [0, 0.1) is 0 Å². The monoisotopic (exact) mass is 227 g/mol. The maximum absolute atomic E-state index is 12.1. The van der Waals surface area contributed by atoms with Gasteiger partial charge < -0.3 is 5.32 Å². The number of hydrogen-bond donors (Lipinski definition) is 1. The summed E-state index contributed by atoms with van der Waals surface area (Å²) in [7, 11) is 0. The number of hydrogen-bond acceptors (Lipinski definition) is 1. The van der Waals surface area contributed by atoms with Crippen molar-refractivity contribution in [3.05, 3.63) is 53.6 Å². The molecule has 0 aromatic heterocycles. The van der Waals surface area contributed by atoms with Gasteiger partial charge in [0.15, 0.2) is 0 Å². The second-order valence-electron chi connectivity index (χ2n) is 4.32. The molecule has 0 unspecified atom stereocenters. The van der Waals surface area contributed by atoms with Crippen LogP contribution < -0.4 is 5.32 Å². The van der Waals surface area contributed by atoms with Crippen molar-refractivity contribution in [3.63, 3.8) is 0 Å². The quantitative estimate of drug-likeness (QED) is 0.720. The molecule has 0 radical (unpaired) electrons. The van der Waals surface area contributed by atoms with Crippen molar-refractivity contribution in [1.29, 1.82) is 0 Å². The van der Waals surface area contributed by atoms with E-state index in [0.29, 0.717) is 6.54 Å². The summed E-state index contributed by atoms with van der Waals surface area (Å²) in [5, 5.41) is 3.08. The minimum Gasteiger partial charge on any atom is -0.382 e. The molecule has 0 aliphatic heterocycles. The number of rotatable bonds is 3. The van der Waals surface area contributed by atoms with Crippen LogP contribution in [0.25, 0.3) is 11.1 Å². The lowest BCUT2D eigenvalue weighted by Crippen LogP contribution is -2.02. The van der Waals surface area contributed by atoms with E-state index in [9.17, 15) is 4.39 Å². The Hall–Kier alpha value is -1.83. The Balaban J connectivity index is 1.95. The highest BCUT2D eigenvalue weighted by Crippen LogP contribution is 2.37. The Morgan fingerprint density at radius 3 is 2.71 bits per heavy atom. The van der Waals surface area contributed by atoms with Gasteiger partial charge >= 0.3 is 0 Å². The van der Waals surface area contributed by atoms with Crippen LogP contribution in [0.2, 0.25) is 0 Å². The number of halogens is 1. The third kappa shape index (κ3) is 1.80. The number of anilines is 1. The highest BCUT2D eigenvalue weighted by Gasteiger charge is 2.17. The molecular weight excluding hydrogens is 213 g/mol. The third-order valence-electron chi connectivity index (χ3n) is 3.22. The molecule has 0 bridgehead atoms. The van der Waals surface area contributed by atoms with Gasteiger partial charge in [-0.25, -0.2) is 4.39 Å². The lowest BCUT2D eigenvalue weighted by Gasteiger charge is -2.06. The summed E-state index contributed by atoms with van der Waals surface area (Å²) in [5.41, 5.74) is 6.36. The van der Waals surface area contributed by atoms with Crippen molar-refractivity contribution in [1.82, 2.24) is 0 Å². The van der Waals surface area contributed by atoms with E-state index in [1.807, 2.05) is 6.07 Å². The normalized spacial score (nSPS) is 12.1. The molecule has 0 spiro atoms. The van der Waals surface area contributed by atoms with Crippen LogP contribution in [0.15, 0.2) is 42.5 Å². The van der Waals surface area contributed by atoms with Crippen LogP contribution in [-0.2, 0) is 6.42 Å². The van der Waals surface area contributed by atoms with Crippen molar-refractivity contribution in [2.75, 3.05) is 18.5 Å². The van der Waals surface area contributed by atoms with Crippen LogP contribution >= 0.6 is 0 Å². The highest BCUT2D eigenvalue weighted by molar-refractivity contribution is 5.78. The first kappa shape index (κ1) is 10.3. The van der Waals surface area contributed by atoms with E-state index >= 15 is 0 Å². The topological polar surface area (TPSA) is 12.0 Å². The standard InChI is InChI=1S/C15H14FN/c16-7-8-17-13-5-6-15-12(10-13)9-11-3-1-2-4-14(11)15/h1-6,10,17H,7-9H2. The van der Waals surface area contributed by atoms with Crippen molar-refractivity contribution < 1.29 is 4.39 Å². The molecule has 2 aromatic carbocycles. The Labute approximate surface area is 100 Å². The Bertz CT molecular complexity index is 548. The minimum absolute atomic E-state index is 0.336. The predicted octanol–water partition coefficient (Wildman–Crippen LogP) is 3.64. The van der Waals surface area contributed by atoms with E-state index in [1.54, 1.807) is 0 Å². The summed E-state index contributed by atoms with van der Waals surface area (Å²) in [5.74, 6) is 0. The summed E-state index contributed by atoms with van der Waals surface area (Å²) >= 11 is 0. The highest BCUT2D eigenvalue weighted by atomic mass is 19.1. The summed E-state index contributed by atoms with van der Waals surface area (Å²) in [6, 6.07) is 14.8. The first-order chi connectivity index (χ1) is 8.38. The zero-order valence-electron chi connectivity index (χ0n) is 9.54. The van der Waals surface area contributed by atoms with Crippen LogP contribution in [0.4, 0.5) is 10.1 Å². The Morgan fingerprint density at radius 1 is 1.00 bits per heavy atom. The first-order valence-electron chi connectivity index (χ1n) is 5.89. The van der Waals surface area contributed by atoms with E-state index in [1.165, 1.54) is 22.3 Å². The van der Waals surface area contributed by atoms with Crippen molar-refractivity contribution in [3.8, 4) is 11.1 Å². The van der Waals surface area contributed by atoms with E-state index in [2.05, 4.69) is 41.7 Å². The second kappa shape index (κ2) is 4.21. The molecule has 2 heteroatoms. The molecule has 0 heterocycles. The van der Waals surface area contributed by atoms with Crippen LogP contribution in [0.3, 0.4) is 0 Å². The van der Waals surface area contributed by atoms with Gasteiger partial charge in [0.25, 0.3) is 0 Å². The smallest absolute Gasteiger partial charge is 0.107 e. The number of alkyl halides is 1. The lowest BCUT2D eigenvalue weighted by molar-refractivity contribution is 0.513. The van der Waals surface area contributed by atoms with Crippen molar-refractivity contribution in [2.45, 2.75) is 6.42 Å². The maximum atomic E-state index is 12.1. The van der Waals surface area contributed by atoms with Crippen molar-refractivity contribution >= 4 is 5.69 Å². The lowest BCUT2D eigenvalue weighted by atomic mass is 10.1. The molecule has 17 heavy (non-hydrogen) atoms. The zero-order valence-corrected chi connectivity index (χ0v) is 9.54. The van der Waals surface area contributed by atoms with Crippen LogP contribution in [-0.4, -0.2) is 13.2 Å². The summed E-state index contributed by atoms with van der Waals surface area (Å²) < 4.78 is 12.1.